The van der Waals surface area contributed by atoms with Gasteiger partial charge in [0.1, 0.15) is 10.5 Å². The van der Waals surface area contributed by atoms with Crippen LogP contribution < -0.4 is 10.6 Å². The highest BCUT2D eigenvalue weighted by atomic mass is 35.5. The number of hydrogen-bond donors (Lipinski definition) is 2. The Bertz CT molecular complexity index is 1190. The van der Waals surface area contributed by atoms with E-state index in [-0.39, 0.29) is 22.3 Å². The first-order valence-corrected chi connectivity index (χ1v) is 13.6. The topological polar surface area (TPSA) is 85.0 Å². The number of carbonyl (C=O) groups excluding carboxylic acids is 3. The van der Waals surface area contributed by atoms with Crippen molar-refractivity contribution in [3.8, 4) is 0 Å². The van der Waals surface area contributed by atoms with Crippen LogP contribution in [0.4, 0.5) is 15.5 Å². The molecule has 2 N–H and O–H groups in total. The first-order chi connectivity index (χ1) is 17.1. The highest BCUT2D eigenvalue weighted by molar-refractivity contribution is 7.16. The van der Waals surface area contributed by atoms with Crippen LogP contribution in [0.25, 0.3) is 0 Å². The summed E-state index contributed by atoms with van der Waals surface area (Å²) in [6.45, 7) is 11.9. The van der Waals surface area contributed by atoms with Gasteiger partial charge in [-0.25, -0.2) is 4.79 Å². The summed E-state index contributed by atoms with van der Waals surface area (Å²) in [5.74, 6) is -0.392. The van der Waals surface area contributed by atoms with Crippen LogP contribution >= 0.6 is 34.5 Å². The predicted molar refractivity (Wildman–Crippen MR) is 152 cm³/mol. The lowest BCUT2D eigenvalue weighted by molar-refractivity contribution is -0.146. The van der Waals surface area contributed by atoms with E-state index in [0.717, 1.165) is 11.4 Å². The smallest absolute Gasteiger partial charge is 0.324 e. The van der Waals surface area contributed by atoms with Crippen LogP contribution in [0.5, 0.6) is 0 Å². The number of hydrogen-bond acceptors (Lipinski definition) is 5. The van der Waals surface area contributed by atoms with E-state index < -0.39 is 11.6 Å². The average Bonchev–Trinajstić information content (AvgIpc) is 3.21. The van der Waals surface area contributed by atoms with Gasteiger partial charge in [-0.2, -0.15) is 0 Å². The molecule has 0 spiro atoms. The maximum atomic E-state index is 13.9. The van der Waals surface area contributed by atoms with Crippen molar-refractivity contribution in [3.05, 3.63) is 44.8 Å². The molecule has 37 heavy (non-hydrogen) atoms. The molecule has 11 heteroatoms. The molecular weight excluding hydrogens is 533 g/mol. The van der Waals surface area contributed by atoms with Crippen molar-refractivity contribution in [2.24, 2.45) is 0 Å². The number of nitrogens with one attached hydrogen (secondary N) is 2. The van der Waals surface area contributed by atoms with Gasteiger partial charge in [0.05, 0.1) is 21.3 Å². The summed E-state index contributed by atoms with van der Waals surface area (Å²) < 4.78 is 0. The average molecular weight is 569 g/mol. The third kappa shape index (κ3) is 6.57. The van der Waals surface area contributed by atoms with Crippen LogP contribution in [0.3, 0.4) is 0 Å². The number of piperazine rings is 1. The standard InChI is InChI=1S/C26H35Cl2N5O3S/c1-25(2,3)19-15-16(21(37-19)30-24(36)29-18-10-8-9-17(27)20(18)28)22(34)33-14-13-32(12-11-31(6)7)23(35)26(33,4)5/h8-10,15H,11-14H2,1-7H3,(H2,29,30,36). The van der Waals surface area contributed by atoms with Gasteiger partial charge in [0.25, 0.3) is 5.91 Å². The molecule has 2 heterocycles. The largest absolute Gasteiger partial charge is 0.338 e. The Morgan fingerprint density at radius 2 is 1.81 bits per heavy atom. The molecule has 8 nitrogen and oxygen atoms in total. The molecule has 0 radical (unpaired) electrons. The zero-order chi connectivity index (χ0) is 27.7. The normalized spacial score (nSPS) is 15.8. The lowest BCUT2D eigenvalue weighted by Gasteiger charge is -2.46. The zero-order valence-corrected chi connectivity index (χ0v) is 24.7. The number of anilines is 2. The molecule has 3 rings (SSSR count). The summed E-state index contributed by atoms with van der Waals surface area (Å²) in [4.78, 5) is 46.4. The molecule has 1 saturated heterocycles. The molecule has 1 aromatic carbocycles. The molecular formula is C26H35Cl2N5O3S. The van der Waals surface area contributed by atoms with E-state index in [4.69, 9.17) is 23.2 Å². The van der Waals surface area contributed by atoms with Crippen LogP contribution in [-0.4, -0.2) is 78.4 Å². The summed E-state index contributed by atoms with van der Waals surface area (Å²) in [6, 6.07) is 6.21. The Morgan fingerprint density at radius 1 is 1.14 bits per heavy atom. The van der Waals surface area contributed by atoms with Crippen molar-refractivity contribution in [1.29, 1.82) is 0 Å². The Kier molecular flexibility index (Phi) is 8.84. The van der Waals surface area contributed by atoms with Gasteiger partial charge in [-0.05, 0) is 51.6 Å². The van der Waals surface area contributed by atoms with Gasteiger partial charge in [-0.1, -0.05) is 50.0 Å². The number of benzene rings is 1. The van der Waals surface area contributed by atoms with E-state index in [2.05, 4.69) is 10.6 Å². The van der Waals surface area contributed by atoms with Crippen molar-refractivity contribution < 1.29 is 14.4 Å². The molecule has 0 saturated carbocycles. The van der Waals surface area contributed by atoms with Crippen molar-refractivity contribution in [1.82, 2.24) is 14.7 Å². The van der Waals surface area contributed by atoms with Gasteiger partial charge in [0, 0.05) is 31.1 Å². The van der Waals surface area contributed by atoms with Gasteiger partial charge in [0.2, 0.25) is 5.91 Å². The molecule has 1 aliphatic heterocycles. The van der Waals surface area contributed by atoms with Crippen LogP contribution in [0.1, 0.15) is 49.9 Å². The van der Waals surface area contributed by atoms with E-state index in [0.29, 0.717) is 40.9 Å². The Morgan fingerprint density at radius 3 is 2.43 bits per heavy atom. The van der Waals surface area contributed by atoms with Gasteiger partial charge in [-0.3, -0.25) is 14.9 Å². The lowest BCUT2D eigenvalue weighted by Crippen LogP contribution is -2.65. The minimum Gasteiger partial charge on any atom is -0.338 e. The van der Waals surface area contributed by atoms with Crippen LogP contribution in [0.2, 0.25) is 10.0 Å². The van der Waals surface area contributed by atoms with Crippen molar-refractivity contribution in [3.63, 3.8) is 0 Å². The molecule has 202 valence electrons. The molecule has 0 bridgehead atoms. The zero-order valence-electron chi connectivity index (χ0n) is 22.4. The number of carbonyl (C=O) groups is 3. The van der Waals surface area contributed by atoms with Gasteiger partial charge >= 0.3 is 6.03 Å². The second kappa shape index (κ2) is 11.2. The van der Waals surface area contributed by atoms with Crippen molar-refractivity contribution in [2.45, 2.75) is 45.6 Å². The molecule has 1 aromatic heterocycles. The fraction of sp³-hybridized carbons (Fsp3) is 0.500. The van der Waals surface area contributed by atoms with Gasteiger partial charge in [0.15, 0.2) is 0 Å². The fourth-order valence-electron chi connectivity index (χ4n) is 4.01. The summed E-state index contributed by atoms with van der Waals surface area (Å²) in [5.41, 5.74) is -0.570. The first kappa shape index (κ1) is 29.2. The predicted octanol–water partition coefficient (Wildman–Crippen LogP) is 5.62. The number of rotatable bonds is 6. The van der Waals surface area contributed by atoms with E-state index >= 15 is 0 Å². The third-order valence-electron chi connectivity index (χ3n) is 6.27. The van der Waals surface area contributed by atoms with Crippen molar-refractivity contribution in [2.75, 3.05) is 50.9 Å². The molecule has 0 aliphatic carbocycles. The molecule has 2 aromatic rings. The highest BCUT2D eigenvalue weighted by Gasteiger charge is 2.45. The summed E-state index contributed by atoms with van der Waals surface area (Å²) in [6.07, 6.45) is 0. The summed E-state index contributed by atoms with van der Waals surface area (Å²) >= 11 is 13.6. The van der Waals surface area contributed by atoms with E-state index in [1.165, 1.54) is 11.3 Å². The Labute approximate surface area is 232 Å². The maximum Gasteiger partial charge on any atom is 0.324 e. The fourth-order valence-corrected chi connectivity index (χ4v) is 5.46. The minimum atomic E-state index is -1.03. The molecule has 0 unspecified atom stereocenters. The summed E-state index contributed by atoms with van der Waals surface area (Å²) in [5, 5.41) is 6.46. The van der Waals surface area contributed by atoms with Crippen LogP contribution in [-0.2, 0) is 10.2 Å². The number of amides is 4. The number of likely N-dealkylation sites (N-methyl/N-ethyl adjacent to an activating group) is 1. The number of nitrogens with zero attached hydrogens (tertiary/aromatic N) is 3. The minimum absolute atomic E-state index is 0.0944. The van der Waals surface area contributed by atoms with E-state index in [1.54, 1.807) is 41.8 Å². The molecule has 1 fully saturated rings. The quantitative estimate of drug-likeness (QED) is 0.474. The van der Waals surface area contributed by atoms with Gasteiger partial charge in [-0.15, -0.1) is 11.3 Å². The molecule has 4 amide bonds. The monoisotopic (exact) mass is 567 g/mol. The molecule has 0 atom stereocenters. The second-order valence-electron chi connectivity index (χ2n) is 10.9. The lowest BCUT2D eigenvalue weighted by atomic mass is 9.93. The first-order valence-electron chi connectivity index (χ1n) is 12.1. The second-order valence-corrected chi connectivity index (χ2v) is 12.7. The SMILES string of the molecule is CN(C)CCN1CCN(C(=O)c2cc(C(C)(C)C)sc2NC(=O)Nc2cccc(Cl)c2Cl)C(C)(C)C1=O. The Balaban J connectivity index is 1.88. The number of halogens is 2. The maximum absolute atomic E-state index is 13.9. The van der Waals surface area contributed by atoms with Crippen LogP contribution in [0.15, 0.2) is 24.3 Å². The number of urea groups is 1. The Hall–Kier alpha value is -2.33. The van der Waals surface area contributed by atoms with E-state index in [1.807, 2.05) is 45.8 Å². The van der Waals surface area contributed by atoms with E-state index in [9.17, 15) is 14.4 Å². The van der Waals surface area contributed by atoms with Gasteiger partial charge < -0.3 is 20.0 Å². The third-order valence-corrected chi connectivity index (χ3v) is 8.56. The number of thiophene rings is 1. The summed E-state index contributed by atoms with van der Waals surface area (Å²) in [7, 11) is 3.92. The molecule has 1 aliphatic rings. The highest BCUT2D eigenvalue weighted by Crippen LogP contribution is 2.38. The van der Waals surface area contributed by atoms with Crippen molar-refractivity contribution >= 4 is 63.1 Å². The van der Waals surface area contributed by atoms with Crippen LogP contribution in [0, 0.1) is 0 Å².